The van der Waals surface area contributed by atoms with Crippen LogP contribution in [0.3, 0.4) is 0 Å². The largest absolute Gasteiger partial charge is 0.246 e. The molecule has 0 aliphatic carbocycles. The molecule has 0 unspecified atom stereocenters. The standard InChI is InChI=1S/C12H15F/c1-3-4-5-12-8-11(9-13)7-6-10(12)2/h4-8H,3,9H2,1-2H3/b5-4-. The summed E-state index contributed by atoms with van der Waals surface area (Å²) in [5.41, 5.74) is 3.07. The van der Waals surface area contributed by atoms with E-state index in [1.165, 1.54) is 5.56 Å². The second kappa shape index (κ2) is 4.80. The van der Waals surface area contributed by atoms with Crippen LogP contribution in [0.25, 0.3) is 6.08 Å². The first-order chi connectivity index (χ1) is 6.27. The van der Waals surface area contributed by atoms with Crippen molar-refractivity contribution in [2.75, 3.05) is 0 Å². The molecular weight excluding hydrogens is 163 g/mol. The van der Waals surface area contributed by atoms with E-state index < -0.39 is 0 Å². The number of halogens is 1. The van der Waals surface area contributed by atoms with Crippen molar-refractivity contribution in [2.24, 2.45) is 0 Å². The minimum atomic E-state index is -0.382. The fourth-order valence-electron chi connectivity index (χ4n) is 1.20. The van der Waals surface area contributed by atoms with Crippen LogP contribution < -0.4 is 0 Å². The fraction of sp³-hybridized carbons (Fsp3) is 0.333. The summed E-state index contributed by atoms with van der Waals surface area (Å²) in [5.74, 6) is 0. The highest BCUT2D eigenvalue weighted by Crippen LogP contribution is 2.14. The summed E-state index contributed by atoms with van der Waals surface area (Å²) >= 11 is 0. The molecule has 0 heterocycles. The van der Waals surface area contributed by atoms with Crippen LogP contribution in [-0.4, -0.2) is 0 Å². The Morgan fingerprint density at radius 2 is 2.15 bits per heavy atom. The molecule has 1 aromatic carbocycles. The molecule has 1 aromatic rings. The van der Waals surface area contributed by atoms with Gasteiger partial charge in [-0.15, -0.1) is 0 Å². The smallest absolute Gasteiger partial charge is 0.115 e. The molecule has 0 radical (unpaired) electrons. The number of allylic oxidation sites excluding steroid dienone is 1. The predicted octanol–water partition coefficient (Wildman–Crippen LogP) is 3.89. The topological polar surface area (TPSA) is 0 Å². The average molecular weight is 178 g/mol. The van der Waals surface area contributed by atoms with E-state index >= 15 is 0 Å². The molecule has 0 spiro atoms. The molecule has 70 valence electrons. The molecule has 0 amide bonds. The van der Waals surface area contributed by atoms with Gasteiger partial charge >= 0.3 is 0 Å². The summed E-state index contributed by atoms with van der Waals surface area (Å²) < 4.78 is 12.3. The van der Waals surface area contributed by atoms with E-state index in [9.17, 15) is 4.39 Å². The van der Waals surface area contributed by atoms with Crippen LogP contribution in [0.15, 0.2) is 24.3 Å². The van der Waals surface area contributed by atoms with Crippen molar-refractivity contribution in [3.63, 3.8) is 0 Å². The minimum absolute atomic E-state index is 0.382. The Morgan fingerprint density at radius 1 is 1.38 bits per heavy atom. The van der Waals surface area contributed by atoms with Crippen LogP contribution >= 0.6 is 0 Å². The lowest BCUT2D eigenvalue weighted by Crippen LogP contribution is -1.84. The van der Waals surface area contributed by atoms with E-state index in [1.54, 1.807) is 0 Å². The van der Waals surface area contributed by atoms with Crippen LogP contribution in [-0.2, 0) is 6.67 Å². The molecule has 0 nitrogen and oxygen atoms in total. The second-order valence-corrected chi connectivity index (χ2v) is 3.14. The normalized spacial score (nSPS) is 11.0. The maximum absolute atomic E-state index is 12.3. The quantitative estimate of drug-likeness (QED) is 0.658. The predicted molar refractivity (Wildman–Crippen MR) is 55.3 cm³/mol. The molecular formula is C12H15F. The van der Waals surface area contributed by atoms with Gasteiger partial charge in [-0.05, 0) is 36.1 Å². The number of hydrogen-bond donors (Lipinski definition) is 0. The van der Waals surface area contributed by atoms with Crippen molar-refractivity contribution in [3.8, 4) is 0 Å². The van der Waals surface area contributed by atoms with Crippen LogP contribution in [0.2, 0.25) is 0 Å². The third kappa shape index (κ3) is 2.69. The van der Waals surface area contributed by atoms with Gasteiger partial charge in [0.1, 0.15) is 6.67 Å². The molecule has 1 rings (SSSR count). The molecule has 0 saturated heterocycles. The molecule has 0 aliphatic heterocycles. The number of hydrogen-bond acceptors (Lipinski definition) is 0. The highest BCUT2D eigenvalue weighted by Gasteiger charge is 1.96. The van der Waals surface area contributed by atoms with Crippen molar-refractivity contribution in [2.45, 2.75) is 26.9 Å². The zero-order valence-corrected chi connectivity index (χ0v) is 8.18. The van der Waals surface area contributed by atoms with E-state index in [0.717, 1.165) is 17.5 Å². The van der Waals surface area contributed by atoms with E-state index in [4.69, 9.17) is 0 Å². The van der Waals surface area contributed by atoms with Gasteiger partial charge in [-0.25, -0.2) is 4.39 Å². The van der Waals surface area contributed by atoms with Crippen molar-refractivity contribution < 1.29 is 4.39 Å². The number of alkyl halides is 1. The Kier molecular flexibility index (Phi) is 3.69. The molecule has 0 N–H and O–H groups in total. The first-order valence-electron chi connectivity index (χ1n) is 4.60. The van der Waals surface area contributed by atoms with Crippen molar-refractivity contribution in [1.29, 1.82) is 0 Å². The van der Waals surface area contributed by atoms with Gasteiger partial charge in [0.15, 0.2) is 0 Å². The van der Waals surface area contributed by atoms with Crippen molar-refractivity contribution >= 4 is 6.08 Å². The zero-order valence-electron chi connectivity index (χ0n) is 8.18. The van der Waals surface area contributed by atoms with E-state index in [2.05, 4.69) is 19.1 Å². The molecule has 0 bridgehead atoms. The summed E-state index contributed by atoms with van der Waals surface area (Å²) in [4.78, 5) is 0. The lowest BCUT2D eigenvalue weighted by atomic mass is 10.0. The van der Waals surface area contributed by atoms with Gasteiger partial charge in [0.2, 0.25) is 0 Å². The summed E-state index contributed by atoms with van der Waals surface area (Å²) in [6, 6.07) is 5.70. The number of benzene rings is 1. The molecule has 0 aliphatic rings. The molecule has 0 aromatic heterocycles. The Labute approximate surface area is 79.1 Å². The van der Waals surface area contributed by atoms with Gasteiger partial charge in [-0.3, -0.25) is 0 Å². The second-order valence-electron chi connectivity index (χ2n) is 3.14. The summed E-state index contributed by atoms with van der Waals surface area (Å²) in [7, 11) is 0. The van der Waals surface area contributed by atoms with E-state index in [1.807, 2.05) is 25.1 Å². The van der Waals surface area contributed by atoms with Crippen molar-refractivity contribution in [1.82, 2.24) is 0 Å². The summed E-state index contributed by atoms with van der Waals surface area (Å²) in [6.45, 7) is 3.75. The minimum Gasteiger partial charge on any atom is -0.246 e. The van der Waals surface area contributed by atoms with E-state index in [-0.39, 0.29) is 6.67 Å². The Balaban J connectivity index is 2.97. The number of rotatable bonds is 3. The Bertz CT molecular complexity index is 300. The summed E-state index contributed by atoms with van der Waals surface area (Å²) in [6.07, 6.45) is 5.15. The lowest BCUT2D eigenvalue weighted by Gasteiger charge is -2.02. The fourth-order valence-corrected chi connectivity index (χ4v) is 1.20. The Morgan fingerprint density at radius 3 is 2.77 bits per heavy atom. The Hall–Kier alpha value is -1.11. The highest BCUT2D eigenvalue weighted by molar-refractivity contribution is 5.54. The first-order valence-corrected chi connectivity index (χ1v) is 4.60. The van der Waals surface area contributed by atoms with Crippen LogP contribution in [0.1, 0.15) is 30.0 Å². The molecule has 1 heteroatoms. The SMILES string of the molecule is CC/C=C\c1cc(CF)ccc1C. The lowest BCUT2D eigenvalue weighted by molar-refractivity contribution is 0.485. The van der Waals surface area contributed by atoms with Gasteiger partial charge in [-0.1, -0.05) is 31.2 Å². The average Bonchev–Trinajstić information content (AvgIpc) is 2.17. The van der Waals surface area contributed by atoms with Crippen LogP contribution in [0.5, 0.6) is 0 Å². The maximum atomic E-state index is 12.3. The monoisotopic (exact) mass is 178 g/mol. The highest BCUT2D eigenvalue weighted by atomic mass is 19.1. The molecule has 13 heavy (non-hydrogen) atoms. The van der Waals surface area contributed by atoms with Crippen molar-refractivity contribution in [3.05, 3.63) is 41.0 Å². The molecule has 0 atom stereocenters. The zero-order chi connectivity index (χ0) is 9.68. The number of aryl methyl sites for hydroxylation is 1. The maximum Gasteiger partial charge on any atom is 0.115 e. The van der Waals surface area contributed by atoms with E-state index in [0.29, 0.717) is 0 Å². The molecule has 0 fully saturated rings. The van der Waals surface area contributed by atoms with Crippen LogP contribution in [0.4, 0.5) is 4.39 Å². The third-order valence-electron chi connectivity index (χ3n) is 2.03. The van der Waals surface area contributed by atoms with Gasteiger partial charge in [0.05, 0.1) is 0 Å². The summed E-state index contributed by atoms with van der Waals surface area (Å²) in [5, 5.41) is 0. The third-order valence-corrected chi connectivity index (χ3v) is 2.03. The molecule has 0 saturated carbocycles. The van der Waals surface area contributed by atoms with Crippen LogP contribution in [0, 0.1) is 6.92 Å². The van der Waals surface area contributed by atoms with Gasteiger partial charge in [-0.2, -0.15) is 0 Å². The first kappa shape index (κ1) is 9.97. The van der Waals surface area contributed by atoms with Gasteiger partial charge in [0, 0.05) is 0 Å². The van der Waals surface area contributed by atoms with Gasteiger partial charge in [0.25, 0.3) is 0 Å². The van der Waals surface area contributed by atoms with Gasteiger partial charge < -0.3 is 0 Å².